The predicted octanol–water partition coefficient (Wildman–Crippen LogP) is 4.22. The molecule has 158 valence electrons. The molecule has 0 aromatic heterocycles. The summed E-state index contributed by atoms with van der Waals surface area (Å²) in [6.45, 7) is 4.33. The van der Waals surface area contributed by atoms with E-state index < -0.39 is 0 Å². The lowest BCUT2D eigenvalue weighted by atomic mass is 9.81. The summed E-state index contributed by atoms with van der Waals surface area (Å²) in [5, 5.41) is 0. The van der Waals surface area contributed by atoms with E-state index in [9.17, 15) is 4.79 Å². The van der Waals surface area contributed by atoms with Crippen molar-refractivity contribution in [2.24, 2.45) is 0 Å². The van der Waals surface area contributed by atoms with Crippen molar-refractivity contribution in [1.82, 2.24) is 0 Å². The zero-order chi connectivity index (χ0) is 22.1. The predicted molar refractivity (Wildman–Crippen MR) is 117 cm³/mol. The van der Waals surface area contributed by atoms with Crippen LogP contribution in [0.4, 0.5) is 5.69 Å². The zero-order valence-corrected chi connectivity index (χ0v) is 18.5. The molecule has 6 heteroatoms. The molecule has 0 N–H and O–H groups in total. The first kappa shape index (κ1) is 21.4. The lowest BCUT2D eigenvalue weighted by Crippen LogP contribution is -2.26. The maximum atomic E-state index is 12.0. The number of hydrogen-bond acceptors (Lipinski definition) is 5. The molecule has 2 aromatic carbocycles. The van der Waals surface area contributed by atoms with Gasteiger partial charge < -0.3 is 18.9 Å². The minimum absolute atomic E-state index is 0.237. The van der Waals surface area contributed by atoms with Gasteiger partial charge in [0.15, 0.2) is 17.2 Å². The van der Waals surface area contributed by atoms with Gasteiger partial charge in [-0.2, -0.15) is 4.58 Å². The van der Waals surface area contributed by atoms with Gasteiger partial charge in [-0.1, -0.05) is 6.07 Å². The molecule has 0 bridgehead atoms. The minimum atomic E-state index is -0.344. The average Bonchev–Trinajstić information content (AvgIpc) is 2.95. The molecule has 1 aliphatic rings. The van der Waals surface area contributed by atoms with E-state index in [1.165, 1.54) is 7.11 Å². The molecule has 0 atom stereocenters. The fourth-order valence-corrected chi connectivity index (χ4v) is 4.01. The number of hydrogen-bond donors (Lipinski definition) is 0. The van der Waals surface area contributed by atoms with Gasteiger partial charge in [-0.05, 0) is 38.1 Å². The van der Waals surface area contributed by atoms with E-state index in [0.717, 1.165) is 22.5 Å². The van der Waals surface area contributed by atoms with Crippen molar-refractivity contribution in [1.29, 1.82) is 0 Å². The second-order valence-electron chi connectivity index (χ2n) is 7.55. The molecule has 2 aromatic rings. The number of allylic oxidation sites excluding steroid dienone is 1. The lowest BCUT2D eigenvalue weighted by molar-refractivity contribution is -0.401. The summed E-state index contributed by atoms with van der Waals surface area (Å²) < 4.78 is 23.4. The van der Waals surface area contributed by atoms with E-state index in [1.807, 2.05) is 43.5 Å². The van der Waals surface area contributed by atoms with E-state index in [4.69, 9.17) is 18.9 Å². The van der Waals surface area contributed by atoms with E-state index >= 15 is 0 Å². The normalized spacial score (nSPS) is 14.6. The van der Waals surface area contributed by atoms with Crippen LogP contribution in [0.2, 0.25) is 0 Å². The largest absolute Gasteiger partial charge is 0.493 e. The smallest absolute Gasteiger partial charge is 0.338 e. The maximum absolute atomic E-state index is 12.0. The molecule has 0 fully saturated rings. The summed E-state index contributed by atoms with van der Waals surface area (Å²) in [5.74, 6) is 1.43. The Kier molecular flexibility index (Phi) is 5.87. The van der Waals surface area contributed by atoms with Gasteiger partial charge in [-0.15, -0.1) is 0 Å². The molecule has 1 heterocycles. The van der Waals surface area contributed by atoms with Gasteiger partial charge in [0.1, 0.15) is 7.05 Å². The van der Waals surface area contributed by atoms with Gasteiger partial charge in [0, 0.05) is 23.3 Å². The van der Waals surface area contributed by atoms with Crippen LogP contribution in [0.3, 0.4) is 0 Å². The van der Waals surface area contributed by atoms with Crippen molar-refractivity contribution in [2.45, 2.75) is 19.3 Å². The van der Waals surface area contributed by atoms with Crippen LogP contribution < -0.4 is 14.2 Å². The molecule has 30 heavy (non-hydrogen) atoms. The number of ether oxygens (including phenoxy) is 4. The molecular formula is C24H28NO5+. The van der Waals surface area contributed by atoms with Gasteiger partial charge in [-0.25, -0.2) is 4.79 Å². The van der Waals surface area contributed by atoms with Crippen LogP contribution in [-0.4, -0.2) is 51.7 Å². The number of methoxy groups -OCH3 is 4. The lowest BCUT2D eigenvalue weighted by Gasteiger charge is -2.16. The Morgan fingerprint density at radius 1 is 0.933 bits per heavy atom. The second-order valence-corrected chi connectivity index (χ2v) is 7.55. The quantitative estimate of drug-likeness (QED) is 0.527. The van der Waals surface area contributed by atoms with Crippen molar-refractivity contribution >= 4 is 23.4 Å². The van der Waals surface area contributed by atoms with Crippen LogP contribution in [0.15, 0.2) is 36.4 Å². The first-order valence-electron chi connectivity index (χ1n) is 9.61. The first-order chi connectivity index (χ1) is 14.3. The molecule has 6 nitrogen and oxygen atoms in total. The third-order valence-corrected chi connectivity index (χ3v) is 5.61. The van der Waals surface area contributed by atoms with Crippen LogP contribution in [0, 0.1) is 0 Å². The van der Waals surface area contributed by atoms with Crippen molar-refractivity contribution < 1.29 is 28.3 Å². The first-order valence-corrected chi connectivity index (χ1v) is 9.61. The number of benzene rings is 2. The van der Waals surface area contributed by atoms with E-state index in [-0.39, 0.29) is 11.4 Å². The Morgan fingerprint density at radius 3 is 2.23 bits per heavy atom. The highest BCUT2D eigenvalue weighted by atomic mass is 16.5. The standard InChI is InChI=1S/C24H28NO5/c1-24(2)17-11-8-16(23(26)30-7)14-18(17)25(3)20(24)13-10-15-9-12-19(27-4)22(29-6)21(15)28-5/h8-14H,1-7H3/q+1. The number of fused-ring (bicyclic) bond motifs is 1. The summed E-state index contributed by atoms with van der Waals surface area (Å²) >= 11 is 0. The monoisotopic (exact) mass is 410 g/mol. The Hall–Kier alpha value is -3.28. The highest BCUT2D eigenvalue weighted by Gasteiger charge is 2.43. The fraction of sp³-hybridized carbons (Fsp3) is 0.333. The molecule has 0 unspecified atom stereocenters. The molecule has 3 rings (SSSR count). The minimum Gasteiger partial charge on any atom is -0.493 e. The number of rotatable bonds is 6. The number of esters is 1. The van der Waals surface area contributed by atoms with E-state index in [2.05, 4.69) is 24.5 Å². The summed E-state index contributed by atoms with van der Waals surface area (Å²) in [6.07, 6.45) is 4.07. The zero-order valence-electron chi connectivity index (χ0n) is 18.5. The van der Waals surface area contributed by atoms with Crippen molar-refractivity contribution in [3.05, 3.63) is 53.1 Å². The molecule has 0 spiro atoms. The number of carbonyl (C=O) groups excluding carboxylic acids is 1. The molecule has 0 amide bonds. The SMILES string of the molecule is COC(=O)c1ccc2c(c1)[N+](C)=C(C=Cc1ccc(OC)c(OC)c1OC)C2(C)C. The molecule has 0 radical (unpaired) electrons. The highest BCUT2D eigenvalue weighted by Crippen LogP contribution is 2.42. The van der Waals surface area contributed by atoms with Gasteiger partial charge >= 0.3 is 5.97 Å². The van der Waals surface area contributed by atoms with Crippen LogP contribution >= 0.6 is 0 Å². The average molecular weight is 410 g/mol. The fourth-order valence-electron chi connectivity index (χ4n) is 4.01. The Bertz CT molecular complexity index is 1050. The van der Waals surface area contributed by atoms with Crippen molar-refractivity contribution in [3.63, 3.8) is 0 Å². The van der Waals surface area contributed by atoms with Gasteiger partial charge in [-0.3, -0.25) is 0 Å². The maximum Gasteiger partial charge on any atom is 0.338 e. The van der Waals surface area contributed by atoms with Crippen LogP contribution in [0.5, 0.6) is 17.2 Å². The third kappa shape index (κ3) is 3.43. The number of carbonyl (C=O) groups is 1. The molecular weight excluding hydrogens is 382 g/mol. The molecule has 0 saturated carbocycles. The highest BCUT2D eigenvalue weighted by molar-refractivity contribution is 6.06. The summed E-state index contributed by atoms with van der Waals surface area (Å²) in [7, 11) is 8.18. The van der Waals surface area contributed by atoms with Crippen molar-refractivity contribution in [3.8, 4) is 17.2 Å². The second kappa shape index (κ2) is 8.22. The van der Waals surface area contributed by atoms with E-state index in [1.54, 1.807) is 21.3 Å². The molecule has 0 saturated heterocycles. The Morgan fingerprint density at radius 2 is 1.63 bits per heavy atom. The Balaban J connectivity index is 2.07. The Labute approximate surface area is 177 Å². The van der Waals surface area contributed by atoms with Crippen molar-refractivity contribution in [2.75, 3.05) is 35.5 Å². The topological polar surface area (TPSA) is 57.0 Å². The number of nitrogens with zero attached hydrogens (tertiary/aromatic N) is 1. The van der Waals surface area contributed by atoms with Crippen LogP contribution in [0.1, 0.15) is 35.3 Å². The van der Waals surface area contributed by atoms with Gasteiger partial charge in [0.25, 0.3) is 0 Å². The molecule has 1 aliphatic heterocycles. The van der Waals surface area contributed by atoms with Gasteiger partial charge in [0.2, 0.25) is 11.4 Å². The summed E-state index contributed by atoms with van der Waals surface area (Å²) in [6, 6.07) is 9.47. The van der Waals surface area contributed by atoms with E-state index in [0.29, 0.717) is 22.8 Å². The molecule has 0 aliphatic carbocycles. The third-order valence-electron chi connectivity index (χ3n) is 5.61. The van der Waals surface area contributed by atoms with Crippen LogP contribution in [-0.2, 0) is 10.2 Å². The summed E-state index contributed by atoms with van der Waals surface area (Å²) in [5.41, 5.74) is 4.40. The summed E-state index contributed by atoms with van der Waals surface area (Å²) in [4.78, 5) is 12.0. The van der Waals surface area contributed by atoms with Gasteiger partial charge in [0.05, 0.1) is 39.4 Å². The van der Waals surface area contributed by atoms with Crippen LogP contribution in [0.25, 0.3) is 6.08 Å².